The molecule has 0 bridgehead atoms. The van der Waals surface area contributed by atoms with Crippen molar-refractivity contribution in [2.24, 2.45) is 0 Å². The third-order valence-electron chi connectivity index (χ3n) is 3.42. The van der Waals surface area contributed by atoms with Crippen molar-refractivity contribution in [3.63, 3.8) is 0 Å². The quantitative estimate of drug-likeness (QED) is 0.838. The van der Waals surface area contributed by atoms with Crippen LogP contribution in [0.2, 0.25) is 0 Å². The molecule has 0 radical (unpaired) electrons. The minimum Gasteiger partial charge on any atom is -0.399 e. The Morgan fingerprint density at radius 2 is 1.65 bits per heavy atom. The van der Waals surface area contributed by atoms with E-state index in [-0.39, 0.29) is 11.3 Å². The van der Waals surface area contributed by atoms with Crippen molar-refractivity contribution in [2.75, 3.05) is 12.3 Å². The normalized spacial score (nSPS) is 11.1. The van der Waals surface area contributed by atoms with E-state index in [2.05, 4.69) is 31.3 Å². The van der Waals surface area contributed by atoms with Gasteiger partial charge in [0.05, 0.1) is 0 Å². The molecular weight excluding hydrogens is 248 g/mol. The number of anilines is 1. The SMILES string of the molecule is CC(C)(CNC(=O)c1ccc(N)cc1)c1ccccc1. The summed E-state index contributed by atoms with van der Waals surface area (Å²) in [6, 6.07) is 17.1. The Morgan fingerprint density at radius 3 is 2.25 bits per heavy atom. The largest absolute Gasteiger partial charge is 0.399 e. The molecule has 1 amide bonds. The highest BCUT2D eigenvalue weighted by molar-refractivity contribution is 5.94. The van der Waals surface area contributed by atoms with Gasteiger partial charge in [-0.25, -0.2) is 0 Å². The fourth-order valence-corrected chi connectivity index (χ4v) is 2.03. The first-order valence-electron chi connectivity index (χ1n) is 6.68. The van der Waals surface area contributed by atoms with Gasteiger partial charge in [0.2, 0.25) is 0 Å². The molecule has 0 aliphatic heterocycles. The summed E-state index contributed by atoms with van der Waals surface area (Å²) in [5, 5.41) is 2.98. The monoisotopic (exact) mass is 268 g/mol. The molecule has 20 heavy (non-hydrogen) atoms. The molecule has 0 saturated heterocycles. The molecule has 0 heterocycles. The van der Waals surface area contributed by atoms with Crippen molar-refractivity contribution in [1.82, 2.24) is 5.32 Å². The van der Waals surface area contributed by atoms with Crippen molar-refractivity contribution >= 4 is 11.6 Å². The van der Waals surface area contributed by atoms with Crippen LogP contribution in [0, 0.1) is 0 Å². The highest BCUT2D eigenvalue weighted by atomic mass is 16.1. The van der Waals surface area contributed by atoms with Crippen molar-refractivity contribution in [1.29, 1.82) is 0 Å². The third kappa shape index (κ3) is 3.38. The van der Waals surface area contributed by atoms with Gasteiger partial charge in [-0.1, -0.05) is 44.2 Å². The minimum atomic E-state index is -0.106. The third-order valence-corrected chi connectivity index (χ3v) is 3.42. The molecule has 104 valence electrons. The Balaban J connectivity index is 2.01. The standard InChI is InChI=1S/C17H20N2O/c1-17(2,14-6-4-3-5-7-14)12-19-16(20)13-8-10-15(18)11-9-13/h3-11H,12,18H2,1-2H3,(H,19,20). The zero-order valence-electron chi connectivity index (χ0n) is 11.9. The zero-order chi connectivity index (χ0) is 14.6. The number of hydrogen-bond donors (Lipinski definition) is 2. The van der Waals surface area contributed by atoms with Crippen LogP contribution < -0.4 is 11.1 Å². The molecule has 0 fully saturated rings. The fourth-order valence-electron chi connectivity index (χ4n) is 2.03. The van der Waals surface area contributed by atoms with Crippen LogP contribution in [-0.2, 0) is 5.41 Å². The van der Waals surface area contributed by atoms with Gasteiger partial charge in [-0.15, -0.1) is 0 Å². The van der Waals surface area contributed by atoms with Crippen LogP contribution in [0.15, 0.2) is 54.6 Å². The van der Waals surface area contributed by atoms with Crippen LogP contribution in [0.25, 0.3) is 0 Å². The summed E-state index contributed by atoms with van der Waals surface area (Å²) in [4.78, 5) is 12.1. The fraction of sp³-hybridized carbons (Fsp3) is 0.235. The molecule has 3 heteroatoms. The molecule has 0 atom stereocenters. The second-order valence-electron chi connectivity index (χ2n) is 5.55. The zero-order valence-corrected chi connectivity index (χ0v) is 11.9. The second kappa shape index (κ2) is 5.78. The second-order valence-corrected chi connectivity index (χ2v) is 5.55. The smallest absolute Gasteiger partial charge is 0.251 e. The lowest BCUT2D eigenvalue weighted by Crippen LogP contribution is -2.36. The molecule has 0 spiro atoms. The van der Waals surface area contributed by atoms with Gasteiger partial charge in [-0.2, -0.15) is 0 Å². The number of carbonyl (C=O) groups excluding carboxylic acids is 1. The number of nitrogens with two attached hydrogens (primary N) is 1. The van der Waals surface area contributed by atoms with Gasteiger partial charge in [0.25, 0.3) is 5.91 Å². The number of nitrogens with one attached hydrogen (secondary N) is 1. The summed E-state index contributed by atoms with van der Waals surface area (Å²) < 4.78 is 0. The Bertz CT molecular complexity index is 574. The summed E-state index contributed by atoms with van der Waals surface area (Å²) >= 11 is 0. The average molecular weight is 268 g/mol. The first-order valence-corrected chi connectivity index (χ1v) is 6.68. The lowest BCUT2D eigenvalue weighted by atomic mass is 9.84. The van der Waals surface area contributed by atoms with Crippen LogP contribution in [0.3, 0.4) is 0 Å². The maximum atomic E-state index is 12.1. The molecule has 2 aromatic carbocycles. The van der Waals surface area contributed by atoms with Gasteiger partial charge in [0.15, 0.2) is 0 Å². The van der Waals surface area contributed by atoms with E-state index in [0.717, 1.165) is 0 Å². The molecule has 2 aromatic rings. The topological polar surface area (TPSA) is 55.1 Å². The van der Waals surface area contributed by atoms with Crippen molar-refractivity contribution in [2.45, 2.75) is 19.3 Å². The van der Waals surface area contributed by atoms with Crippen LogP contribution >= 0.6 is 0 Å². The molecule has 0 saturated carbocycles. The number of carbonyl (C=O) groups is 1. The Labute approximate surface area is 119 Å². The predicted octanol–water partition coefficient (Wildman–Crippen LogP) is 2.98. The van der Waals surface area contributed by atoms with Crippen molar-refractivity contribution in [3.05, 3.63) is 65.7 Å². The number of hydrogen-bond acceptors (Lipinski definition) is 2. The van der Waals surface area contributed by atoms with E-state index in [9.17, 15) is 4.79 Å². The van der Waals surface area contributed by atoms with Gasteiger partial charge < -0.3 is 11.1 Å². The summed E-state index contributed by atoms with van der Waals surface area (Å²) in [6.07, 6.45) is 0. The molecule has 3 N–H and O–H groups in total. The first kappa shape index (κ1) is 14.1. The Kier molecular flexibility index (Phi) is 4.08. The number of benzene rings is 2. The van der Waals surface area contributed by atoms with E-state index in [1.54, 1.807) is 24.3 Å². The van der Waals surface area contributed by atoms with Gasteiger partial charge in [-0.05, 0) is 29.8 Å². The lowest BCUT2D eigenvalue weighted by Gasteiger charge is -2.25. The average Bonchev–Trinajstić information content (AvgIpc) is 2.46. The van der Waals surface area contributed by atoms with Gasteiger partial charge in [0.1, 0.15) is 0 Å². The molecule has 0 aromatic heterocycles. The number of rotatable bonds is 4. The van der Waals surface area contributed by atoms with Crippen LogP contribution in [0.1, 0.15) is 29.8 Å². The van der Waals surface area contributed by atoms with Crippen LogP contribution in [-0.4, -0.2) is 12.5 Å². The highest BCUT2D eigenvalue weighted by Gasteiger charge is 2.21. The molecule has 3 nitrogen and oxygen atoms in total. The van der Waals surface area contributed by atoms with Crippen molar-refractivity contribution < 1.29 is 4.79 Å². The maximum Gasteiger partial charge on any atom is 0.251 e. The van der Waals surface area contributed by atoms with Crippen LogP contribution in [0.5, 0.6) is 0 Å². The summed E-state index contributed by atoms with van der Waals surface area (Å²) in [5.74, 6) is -0.0750. The van der Waals surface area contributed by atoms with E-state index in [0.29, 0.717) is 17.8 Å². The van der Waals surface area contributed by atoms with E-state index in [1.165, 1.54) is 5.56 Å². The Hall–Kier alpha value is -2.29. The van der Waals surface area contributed by atoms with Crippen molar-refractivity contribution in [3.8, 4) is 0 Å². The van der Waals surface area contributed by atoms with Gasteiger partial charge in [0, 0.05) is 23.2 Å². The molecule has 0 aliphatic rings. The Morgan fingerprint density at radius 1 is 1.05 bits per heavy atom. The summed E-state index contributed by atoms with van der Waals surface area (Å²) in [7, 11) is 0. The maximum absolute atomic E-state index is 12.1. The number of nitrogen functional groups attached to an aromatic ring is 1. The van der Waals surface area contributed by atoms with E-state index in [4.69, 9.17) is 5.73 Å². The molecular formula is C17H20N2O. The van der Waals surface area contributed by atoms with Crippen LogP contribution in [0.4, 0.5) is 5.69 Å². The van der Waals surface area contributed by atoms with E-state index >= 15 is 0 Å². The highest BCUT2D eigenvalue weighted by Crippen LogP contribution is 2.21. The van der Waals surface area contributed by atoms with Gasteiger partial charge in [-0.3, -0.25) is 4.79 Å². The minimum absolute atomic E-state index is 0.0750. The summed E-state index contributed by atoms with van der Waals surface area (Å²) in [6.45, 7) is 4.82. The first-order chi connectivity index (χ1) is 9.49. The predicted molar refractivity (Wildman–Crippen MR) is 82.7 cm³/mol. The molecule has 0 aliphatic carbocycles. The summed E-state index contributed by atoms with van der Waals surface area (Å²) in [5.41, 5.74) is 8.00. The van der Waals surface area contributed by atoms with E-state index in [1.807, 2.05) is 18.2 Å². The lowest BCUT2D eigenvalue weighted by molar-refractivity contribution is 0.0945. The van der Waals surface area contributed by atoms with E-state index < -0.39 is 0 Å². The number of amides is 1. The van der Waals surface area contributed by atoms with Gasteiger partial charge >= 0.3 is 0 Å². The molecule has 0 unspecified atom stereocenters. The molecule has 2 rings (SSSR count).